The number of methoxy groups -OCH3 is 3. The molecule has 1 fully saturated rings. The Hall–Kier alpha value is -4.06. The van der Waals surface area contributed by atoms with E-state index in [9.17, 15) is 14.4 Å². The number of carbonyl (C=O) groups excluding carboxylic acids is 3. The Bertz CT molecular complexity index is 1280. The summed E-state index contributed by atoms with van der Waals surface area (Å²) in [6, 6.07) is 5.06. The molecule has 0 bridgehead atoms. The fourth-order valence-corrected chi connectivity index (χ4v) is 4.26. The standard InChI is InChI=1S/C22H21N5O6S/c1-31-15-9-13(10-16(32-2)18(15)33-3)11-17-21(29)26(22(30)34-17)8-6-24-20(28)14-12-25-27-7-4-5-23-19(14)27/h4-5,7,9-12H,6,8H2,1-3H3,(H,24,28)/b17-11+. The van der Waals surface area contributed by atoms with Crippen molar-refractivity contribution < 1.29 is 28.6 Å². The van der Waals surface area contributed by atoms with Crippen LogP contribution in [0.4, 0.5) is 4.79 Å². The van der Waals surface area contributed by atoms with Crippen LogP contribution in [0.25, 0.3) is 11.7 Å². The molecule has 3 heterocycles. The smallest absolute Gasteiger partial charge is 0.293 e. The number of fused-ring (bicyclic) bond motifs is 1. The average molecular weight is 484 g/mol. The SMILES string of the molecule is COc1cc(/C=C2/SC(=O)N(CCNC(=O)c3cnn4cccnc34)C2=O)cc(OC)c1OC. The molecule has 4 rings (SSSR count). The molecule has 0 radical (unpaired) electrons. The summed E-state index contributed by atoms with van der Waals surface area (Å²) in [5, 5.41) is 6.35. The molecule has 1 aliphatic rings. The van der Waals surface area contributed by atoms with Crippen molar-refractivity contribution in [1.82, 2.24) is 24.8 Å². The number of nitrogens with zero attached hydrogens (tertiary/aromatic N) is 4. The molecule has 0 aliphatic carbocycles. The zero-order valence-corrected chi connectivity index (χ0v) is 19.4. The second-order valence-corrected chi connectivity index (χ2v) is 7.99. The van der Waals surface area contributed by atoms with Gasteiger partial charge >= 0.3 is 0 Å². The molecule has 0 spiro atoms. The van der Waals surface area contributed by atoms with Crippen LogP contribution in [0.5, 0.6) is 17.2 Å². The van der Waals surface area contributed by atoms with Crippen molar-refractivity contribution in [2.75, 3.05) is 34.4 Å². The van der Waals surface area contributed by atoms with E-state index in [1.54, 1.807) is 36.7 Å². The van der Waals surface area contributed by atoms with Crippen LogP contribution in [0.3, 0.4) is 0 Å². The molecule has 0 atom stereocenters. The van der Waals surface area contributed by atoms with Gasteiger partial charge in [0.05, 0.1) is 32.4 Å². The molecule has 1 aromatic carbocycles. The topological polar surface area (TPSA) is 124 Å². The number of rotatable bonds is 8. The Labute approximate surface area is 198 Å². The van der Waals surface area contributed by atoms with Gasteiger partial charge in [0.25, 0.3) is 17.1 Å². The van der Waals surface area contributed by atoms with E-state index in [2.05, 4.69) is 15.4 Å². The Morgan fingerprint density at radius 3 is 2.56 bits per heavy atom. The third-order valence-electron chi connectivity index (χ3n) is 5.00. The van der Waals surface area contributed by atoms with Gasteiger partial charge in [-0.2, -0.15) is 5.10 Å². The van der Waals surface area contributed by atoms with Crippen LogP contribution in [0.1, 0.15) is 15.9 Å². The first-order valence-corrected chi connectivity index (χ1v) is 10.9. The summed E-state index contributed by atoms with van der Waals surface area (Å²) in [5.41, 5.74) is 1.32. The first-order valence-electron chi connectivity index (χ1n) is 10.1. The maximum atomic E-state index is 12.8. The van der Waals surface area contributed by atoms with E-state index in [0.29, 0.717) is 34.0 Å². The van der Waals surface area contributed by atoms with Gasteiger partial charge in [-0.3, -0.25) is 19.3 Å². The summed E-state index contributed by atoms with van der Waals surface area (Å²) in [6.07, 6.45) is 6.24. The van der Waals surface area contributed by atoms with E-state index < -0.39 is 17.1 Å². The predicted molar refractivity (Wildman–Crippen MR) is 124 cm³/mol. The van der Waals surface area contributed by atoms with Crippen LogP contribution in [0.2, 0.25) is 0 Å². The number of amides is 3. The number of thioether (sulfide) groups is 1. The van der Waals surface area contributed by atoms with Gasteiger partial charge in [0, 0.05) is 25.5 Å². The lowest BCUT2D eigenvalue weighted by atomic mass is 10.1. The highest BCUT2D eigenvalue weighted by Gasteiger charge is 2.35. The first kappa shape index (κ1) is 23.1. The van der Waals surface area contributed by atoms with Crippen LogP contribution in [0, 0.1) is 0 Å². The summed E-state index contributed by atoms with van der Waals surface area (Å²) < 4.78 is 17.5. The zero-order chi connectivity index (χ0) is 24.2. The Kier molecular flexibility index (Phi) is 6.68. The van der Waals surface area contributed by atoms with Gasteiger partial charge in [-0.25, -0.2) is 9.50 Å². The van der Waals surface area contributed by atoms with Crippen molar-refractivity contribution in [3.05, 3.63) is 52.8 Å². The average Bonchev–Trinajstić information content (AvgIpc) is 3.39. The number of ether oxygens (including phenoxy) is 3. The molecule has 34 heavy (non-hydrogen) atoms. The second-order valence-electron chi connectivity index (χ2n) is 6.99. The number of carbonyl (C=O) groups is 3. The van der Waals surface area contributed by atoms with Crippen molar-refractivity contribution in [2.45, 2.75) is 0 Å². The highest BCUT2D eigenvalue weighted by Crippen LogP contribution is 2.40. The Morgan fingerprint density at radius 1 is 1.15 bits per heavy atom. The highest BCUT2D eigenvalue weighted by atomic mass is 32.2. The molecule has 2 aromatic heterocycles. The van der Waals surface area contributed by atoms with Crippen molar-refractivity contribution in [3.8, 4) is 17.2 Å². The van der Waals surface area contributed by atoms with Crippen molar-refractivity contribution in [2.24, 2.45) is 0 Å². The summed E-state index contributed by atoms with van der Waals surface area (Å²) in [5.74, 6) is 0.436. The number of hydrogen-bond acceptors (Lipinski definition) is 9. The van der Waals surface area contributed by atoms with Crippen molar-refractivity contribution in [1.29, 1.82) is 0 Å². The van der Waals surface area contributed by atoms with Gasteiger partial charge in [0.1, 0.15) is 5.56 Å². The van der Waals surface area contributed by atoms with E-state index in [4.69, 9.17) is 14.2 Å². The molecule has 176 valence electrons. The fraction of sp³-hybridized carbons (Fsp3) is 0.227. The highest BCUT2D eigenvalue weighted by molar-refractivity contribution is 8.18. The molecule has 0 unspecified atom stereocenters. The molecule has 1 N–H and O–H groups in total. The number of nitrogens with one attached hydrogen (secondary N) is 1. The van der Waals surface area contributed by atoms with Gasteiger partial charge in [0.2, 0.25) is 5.75 Å². The van der Waals surface area contributed by atoms with Crippen molar-refractivity contribution in [3.63, 3.8) is 0 Å². The molecule has 12 heteroatoms. The molecule has 1 saturated heterocycles. The third-order valence-corrected chi connectivity index (χ3v) is 5.91. The van der Waals surface area contributed by atoms with E-state index >= 15 is 0 Å². The minimum atomic E-state index is -0.448. The summed E-state index contributed by atoms with van der Waals surface area (Å²) in [7, 11) is 4.48. The predicted octanol–water partition coefficient (Wildman–Crippen LogP) is 2.22. The summed E-state index contributed by atoms with van der Waals surface area (Å²) in [4.78, 5) is 43.2. The van der Waals surface area contributed by atoms with Gasteiger partial charge in [-0.05, 0) is 41.6 Å². The summed E-state index contributed by atoms with van der Waals surface area (Å²) >= 11 is 0.822. The quantitative estimate of drug-likeness (QED) is 0.480. The van der Waals surface area contributed by atoms with Gasteiger partial charge < -0.3 is 19.5 Å². The van der Waals surface area contributed by atoms with Crippen molar-refractivity contribution >= 4 is 40.5 Å². The lowest BCUT2D eigenvalue weighted by molar-refractivity contribution is -0.122. The minimum absolute atomic E-state index is 0.0235. The first-order chi connectivity index (χ1) is 16.5. The molecule has 1 aliphatic heterocycles. The van der Waals surface area contributed by atoms with Gasteiger partial charge in [-0.15, -0.1) is 0 Å². The van der Waals surface area contributed by atoms with Crippen LogP contribution in [-0.2, 0) is 4.79 Å². The van der Waals surface area contributed by atoms with Crippen LogP contribution in [0.15, 0.2) is 41.7 Å². The van der Waals surface area contributed by atoms with E-state index in [-0.39, 0.29) is 18.0 Å². The molecule has 11 nitrogen and oxygen atoms in total. The number of hydrogen-bond donors (Lipinski definition) is 1. The fourth-order valence-electron chi connectivity index (χ4n) is 3.39. The van der Waals surface area contributed by atoms with Gasteiger partial charge in [0.15, 0.2) is 17.1 Å². The second kappa shape index (κ2) is 9.83. The zero-order valence-electron chi connectivity index (χ0n) is 18.6. The molecule has 3 amide bonds. The molecule has 0 saturated carbocycles. The maximum Gasteiger partial charge on any atom is 0.293 e. The number of aromatic nitrogens is 3. The van der Waals surface area contributed by atoms with Crippen LogP contribution in [-0.4, -0.2) is 71.0 Å². The lowest BCUT2D eigenvalue weighted by Crippen LogP contribution is -2.37. The minimum Gasteiger partial charge on any atom is -0.493 e. The van der Waals surface area contributed by atoms with E-state index in [1.165, 1.54) is 32.0 Å². The molecular formula is C22H21N5O6S. The van der Waals surface area contributed by atoms with E-state index in [0.717, 1.165) is 16.7 Å². The van der Waals surface area contributed by atoms with E-state index in [1.807, 2.05) is 0 Å². The molecule has 3 aromatic rings. The Balaban J connectivity index is 1.44. The largest absolute Gasteiger partial charge is 0.493 e. The van der Waals surface area contributed by atoms with Gasteiger partial charge in [-0.1, -0.05) is 0 Å². The maximum absolute atomic E-state index is 12.8. The Morgan fingerprint density at radius 2 is 1.88 bits per heavy atom. The lowest BCUT2D eigenvalue weighted by Gasteiger charge is -2.13. The number of imide groups is 1. The summed E-state index contributed by atoms with van der Waals surface area (Å²) in [6.45, 7) is 0.105. The third kappa shape index (κ3) is 4.39. The van der Waals surface area contributed by atoms with Crippen LogP contribution >= 0.6 is 11.8 Å². The number of benzene rings is 1. The monoisotopic (exact) mass is 483 g/mol. The normalized spacial score (nSPS) is 14.7. The van der Waals surface area contributed by atoms with Crippen LogP contribution < -0.4 is 19.5 Å². The molecular weight excluding hydrogens is 462 g/mol.